The Morgan fingerprint density at radius 1 is 1.33 bits per heavy atom. The zero-order valence-electron chi connectivity index (χ0n) is 13.1. The van der Waals surface area contributed by atoms with E-state index in [1.807, 2.05) is 19.1 Å². The number of pyridine rings is 1. The number of amides is 1. The second kappa shape index (κ2) is 8.35. The van der Waals surface area contributed by atoms with Crippen molar-refractivity contribution in [1.82, 2.24) is 10.3 Å². The Morgan fingerprint density at radius 2 is 2.12 bits per heavy atom. The Labute approximate surface area is 138 Å². The van der Waals surface area contributed by atoms with E-state index in [2.05, 4.69) is 15.0 Å². The van der Waals surface area contributed by atoms with Crippen LogP contribution in [-0.4, -0.2) is 29.2 Å². The van der Waals surface area contributed by atoms with Gasteiger partial charge in [-0.1, -0.05) is 18.2 Å². The molecule has 1 aromatic carbocycles. The van der Waals surface area contributed by atoms with E-state index in [1.54, 1.807) is 12.3 Å². The first-order chi connectivity index (χ1) is 11.4. The molecular formula is C17H18F2N2O3. The fourth-order valence-corrected chi connectivity index (χ4v) is 2.08. The summed E-state index contributed by atoms with van der Waals surface area (Å²) in [6.45, 7) is -1.11. The number of rotatable bonds is 7. The van der Waals surface area contributed by atoms with Gasteiger partial charge in [-0.25, -0.2) is 0 Å². The van der Waals surface area contributed by atoms with E-state index < -0.39 is 12.7 Å². The molecule has 1 unspecified atom stereocenters. The van der Waals surface area contributed by atoms with E-state index in [9.17, 15) is 18.7 Å². The van der Waals surface area contributed by atoms with Gasteiger partial charge in [0.15, 0.2) is 0 Å². The number of nitrogens with one attached hydrogen (secondary N) is 1. The second-order valence-corrected chi connectivity index (χ2v) is 5.26. The number of carbonyl (C=O) groups is 1. The third-order valence-corrected chi connectivity index (χ3v) is 3.30. The number of aromatic nitrogens is 1. The maximum absolute atomic E-state index is 12.2. The molecule has 1 heterocycles. The first kappa shape index (κ1) is 17.8. The van der Waals surface area contributed by atoms with E-state index >= 15 is 0 Å². The van der Waals surface area contributed by atoms with E-state index in [-0.39, 0.29) is 24.6 Å². The van der Waals surface area contributed by atoms with Gasteiger partial charge in [0.05, 0.1) is 12.5 Å². The fraction of sp³-hybridized carbons (Fsp3) is 0.294. The van der Waals surface area contributed by atoms with Crippen molar-refractivity contribution in [2.75, 3.05) is 6.54 Å². The summed E-state index contributed by atoms with van der Waals surface area (Å²) in [5.41, 5.74) is 2.01. The lowest BCUT2D eigenvalue weighted by molar-refractivity contribution is -0.120. The molecule has 0 saturated carbocycles. The lowest BCUT2D eigenvalue weighted by Crippen LogP contribution is -2.29. The number of aliphatic hydroxyl groups excluding tert-OH is 1. The van der Waals surface area contributed by atoms with Gasteiger partial charge < -0.3 is 15.2 Å². The zero-order chi connectivity index (χ0) is 17.5. The van der Waals surface area contributed by atoms with E-state index in [0.717, 1.165) is 11.3 Å². The number of carbonyl (C=O) groups excluding carboxylic acids is 1. The number of nitrogens with zero attached hydrogens (tertiary/aromatic N) is 1. The minimum Gasteiger partial charge on any atom is -0.435 e. The highest BCUT2D eigenvalue weighted by atomic mass is 19.3. The number of halogens is 2. The number of aliphatic hydroxyl groups is 1. The molecule has 24 heavy (non-hydrogen) atoms. The summed E-state index contributed by atoms with van der Waals surface area (Å²) in [5, 5.41) is 12.7. The van der Waals surface area contributed by atoms with Crippen molar-refractivity contribution >= 4 is 5.91 Å². The maximum atomic E-state index is 12.2. The predicted molar refractivity (Wildman–Crippen MR) is 83.7 cm³/mol. The molecule has 0 aliphatic carbocycles. The third kappa shape index (κ3) is 5.58. The summed E-state index contributed by atoms with van der Waals surface area (Å²) in [5.74, 6) is -0.307. The number of hydrogen-bond acceptors (Lipinski definition) is 4. The molecule has 2 rings (SSSR count). The largest absolute Gasteiger partial charge is 0.435 e. The van der Waals surface area contributed by atoms with Gasteiger partial charge in [-0.2, -0.15) is 8.78 Å². The molecule has 0 radical (unpaired) electrons. The molecule has 1 aromatic heterocycles. The average molecular weight is 336 g/mol. The molecule has 1 amide bonds. The van der Waals surface area contributed by atoms with Crippen LogP contribution in [0.4, 0.5) is 8.78 Å². The van der Waals surface area contributed by atoms with Crippen molar-refractivity contribution in [1.29, 1.82) is 0 Å². The lowest BCUT2D eigenvalue weighted by atomic mass is 10.1. The molecule has 0 spiro atoms. The summed E-state index contributed by atoms with van der Waals surface area (Å²) in [6.07, 6.45) is 0.747. The zero-order valence-corrected chi connectivity index (χ0v) is 13.1. The third-order valence-electron chi connectivity index (χ3n) is 3.30. The van der Waals surface area contributed by atoms with Gasteiger partial charge in [0, 0.05) is 18.4 Å². The van der Waals surface area contributed by atoms with Crippen molar-refractivity contribution in [2.45, 2.75) is 26.1 Å². The summed E-state index contributed by atoms with van der Waals surface area (Å²) in [7, 11) is 0. The van der Waals surface area contributed by atoms with Crippen LogP contribution in [-0.2, 0) is 11.2 Å². The number of aryl methyl sites for hydroxylation is 1. The van der Waals surface area contributed by atoms with E-state index in [1.165, 1.54) is 18.2 Å². The number of ether oxygens (including phenoxy) is 1. The molecular weight excluding hydrogens is 318 g/mol. The minimum absolute atomic E-state index is 0.0315. The number of alkyl halides is 2. The highest BCUT2D eigenvalue weighted by Crippen LogP contribution is 2.20. The van der Waals surface area contributed by atoms with Gasteiger partial charge in [0.2, 0.25) is 5.91 Å². The highest BCUT2D eigenvalue weighted by molar-refractivity contribution is 5.78. The van der Waals surface area contributed by atoms with Gasteiger partial charge in [0.25, 0.3) is 0 Å². The van der Waals surface area contributed by atoms with Crippen LogP contribution in [0.1, 0.15) is 22.9 Å². The molecule has 5 nitrogen and oxygen atoms in total. The molecule has 0 aliphatic rings. The summed E-state index contributed by atoms with van der Waals surface area (Å²) >= 11 is 0. The van der Waals surface area contributed by atoms with Crippen molar-refractivity contribution in [3.8, 4) is 5.75 Å². The van der Waals surface area contributed by atoms with Crippen molar-refractivity contribution in [3.63, 3.8) is 0 Å². The maximum Gasteiger partial charge on any atom is 0.387 e. The van der Waals surface area contributed by atoms with Crippen LogP contribution in [0.5, 0.6) is 5.75 Å². The Kier molecular flexibility index (Phi) is 6.20. The fourth-order valence-electron chi connectivity index (χ4n) is 2.08. The Morgan fingerprint density at radius 3 is 2.79 bits per heavy atom. The minimum atomic E-state index is -2.93. The Bertz CT molecular complexity index is 678. The van der Waals surface area contributed by atoms with Crippen LogP contribution < -0.4 is 10.1 Å². The van der Waals surface area contributed by atoms with Crippen molar-refractivity contribution in [2.24, 2.45) is 0 Å². The molecule has 1 atom stereocenters. The van der Waals surface area contributed by atoms with Gasteiger partial charge in [-0.15, -0.1) is 0 Å². The normalized spacial score (nSPS) is 12.0. The topological polar surface area (TPSA) is 71.5 Å². The molecule has 2 N–H and O–H groups in total. The summed E-state index contributed by atoms with van der Waals surface area (Å²) < 4.78 is 28.7. The molecule has 7 heteroatoms. The quantitative estimate of drug-likeness (QED) is 0.814. The second-order valence-electron chi connectivity index (χ2n) is 5.26. The first-order valence-corrected chi connectivity index (χ1v) is 7.35. The van der Waals surface area contributed by atoms with Gasteiger partial charge in [0.1, 0.15) is 5.75 Å². The average Bonchev–Trinajstić information content (AvgIpc) is 2.54. The molecule has 0 saturated heterocycles. The first-order valence-electron chi connectivity index (χ1n) is 7.35. The molecule has 2 aromatic rings. The molecule has 0 bridgehead atoms. The molecule has 0 fully saturated rings. The standard InChI is InChI=1S/C17H18F2N2O3/c1-11-5-6-12(9-20-11)7-16(23)21-10-15(22)13-3-2-4-14(8-13)24-17(18)19/h2-6,8-9,15,17,22H,7,10H2,1H3,(H,21,23). The monoisotopic (exact) mass is 336 g/mol. The van der Waals surface area contributed by atoms with Gasteiger partial charge in [-0.05, 0) is 36.2 Å². The Hall–Kier alpha value is -2.54. The highest BCUT2D eigenvalue weighted by Gasteiger charge is 2.12. The van der Waals surface area contributed by atoms with Crippen LogP contribution in [0.15, 0.2) is 42.6 Å². The van der Waals surface area contributed by atoms with Gasteiger partial charge >= 0.3 is 6.61 Å². The molecule has 128 valence electrons. The summed E-state index contributed by atoms with van der Waals surface area (Å²) in [4.78, 5) is 16.0. The van der Waals surface area contributed by atoms with Crippen LogP contribution in [0.2, 0.25) is 0 Å². The van der Waals surface area contributed by atoms with Gasteiger partial charge in [-0.3, -0.25) is 9.78 Å². The predicted octanol–water partition coefficient (Wildman–Crippen LogP) is 2.38. The van der Waals surface area contributed by atoms with Crippen molar-refractivity contribution in [3.05, 3.63) is 59.4 Å². The van der Waals surface area contributed by atoms with Crippen LogP contribution in [0.25, 0.3) is 0 Å². The van der Waals surface area contributed by atoms with Crippen LogP contribution in [0.3, 0.4) is 0 Å². The number of hydrogen-bond donors (Lipinski definition) is 2. The molecule has 0 aliphatic heterocycles. The van der Waals surface area contributed by atoms with Crippen LogP contribution in [0, 0.1) is 6.92 Å². The van der Waals surface area contributed by atoms with E-state index in [4.69, 9.17) is 0 Å². The van der Waals surface area contributed by atoms with Crippen LogP contribution >= 0.6 is 0 Å². The Balaban J connectivity index is 1.86. The lowest BCUT2D eigenvalue weighted by Gasteiger charge is -2.14. The number of benzene rings is 1. The van der Waals surface area contributed by atoms with Crippen molar-refractivity contribution < 1.29 is 23.4 Å². The summed E-state index contributed by atoms with van der Waals surface area (Å²) in [6, 6.07) is 9.36. The van der Waals surface area contributed by atoms with E-state index in [0.29, 0.717) is 5.56 Å². The SMILES string of the molecule is Cc1ccc(CC(=O)NCC(O)c2cccc(OC(F)F)c2)cn1. The smallest absolute Gasteiger partial charge is 0.387 e.